The summed E-state index contributed by atoms with van der Waals surface area (Å²) in [5.41, 5.74) is 1.30. The molecule has 0 aliphatic heterocycles. The number of benzene rings is 1. The van der Waals surface area contributed by atoms with E-state index in [0.29, 0.717) is 12.1 Å². The van der Waals surface area contributed by atoms with Crippen LogP contribution in [0.4, 0.5) is 10.1 Å². The van der Waals surface area contributed by atoms with E-state index in [1.54, 1.807) is 18.2 Å². The number of nitrogens with zero attached hydrogens (tertiary/aromatic N) is 2. The summed E-state index contributed by atoms with van der Waals surface area (Å²) >= 11 is 0. The van der Waals surface area contributed by atoms with Crippen molar-refractivity contribution in [3.8, 4) is 0 Å². The molecule has 2 aromatic rings. The maximum absolute atomic E-state index is 12.5. The van der Waals surface area contributed by atoms with Gasteiger partial charge >= 0.3 is 5.97 Å². The third kappa shape index (κ3) is 3.39. The van der Waals surface area contributed by atoms with E-state index in [1.807, 2.05) is 18.0 Å². The van der Waals surface area contributed by atoms with Gasteiger partial charge in [0.05, 0.1) is 18.5 Å². The highest BCUT2D eigenvalue weighted by molar-refractivity contribution is 5.83. The van der Waals surface area contributed by atoms with E-state index in [2.05, 4.69) is 0 Å². The fraction of sp³-hybridized carbons (Fsp3) is 0.333. The number of alkyl halides is 1. The highest BCUT2D eigenvalue weighted by Gasteiger charge is 2.07. The first kappa shape index (κ1) is 15.0. The van der Waals surface area contributed by atoms with Gasteiger partial charge in [-0.1, -0.05) is 0 Å². The molecule has 0 saturated carbocycles. The Morgan fingerprint density at radius 2 is 2.10 bits per heavy atom. The average molecular weight is 292 g/mol. The first-order valence-electron chi connectivity index (χ1n) is 6.65. The van der Waals surface area contributed by atoms with Crippen LogP contribution >= 0.6 is 0 Å². The Bertz CT molecular complexity index is 712. The van der Waals surface area contributed by atoms with Gasteiger partial charge in [-0.15, -0.1) is 0 Å². The molecule has 112 valence electrons. The van der Waals surface area contributed by atoms with Crippen LogP contribution in [0.15, 0.2) is 35.1 Å². The summed E-state index contributed by atoms with van der Waals surface area (Å²) in [6, 6.07) is 8.54. The average Bonchev–Trinajstić information content (AvgIpc) is 2.47. The summed E-state index contributed by atoms with van der Waals surface area (Å²) in [4.78, 5) is 24.2. The highest BCUT2D eigenvalue weighted by atomic mass is 19.1. The lowest BCUT2D eigenvalue weighted by molar-refractivity contribution is -0.136. The van der Waals surface area contributed by atoms with Gasteiger partial charge in [-0.25, -0.2) is 4.39 Å². The zero-order valence-electron chi connectivity index (χ0n) is 11.8. The Kier molecular flexibility index (Phi) is 4.57. The van der Waals surface area contributed by atoms with Gasteiger partial charge < -0.3 is 14.6 Å². The second kappa shape index (κ2) is 6.39. The van der Waals surface area contributed by atoms with Crippen molar-refractivity contribution >= 4 is 22.6 Å². The maximum Gasteiger partial charge on any atom is 0.305 e. The molecule has 0 fully saturated rings. The van der Waals surface area contributed by atoms with E-state index in [1.165, 1.54) is 10.6 Å². The third-order valence-electron chi connectivity index (χ3n) is 3.38. The Balaban J connectivity index is 2.36. The molecule has 0 radical (unpaired) electrons. The lowest BCUT2D eigenvalue weighted by Crippen LogP contribution is -2.22. The molecule has 0 aliphatic rings. The molecule has 0 aliphatic carbocycles. The number of carboxylic acids is 1. The number of aliphatic carboxylic acids is 1. The van der Waals surface area contributed by atoms with Crippen molar-refractivity contribution in [1.82, 2.24) is 4.57 Å². The van der Waals surface area contributed by atoms with E-state index >= 15 is 0 Å². The van der Waals surface area contributed by atoms with E-state index in [-0.39, 0.29) is 18.5 Å². The summed E-state index contributed by atoms with van der Waals surface area (Å²) in [6.45, 7) is -0.172. The molecule has 0 atom stereocenters. The quantitative estimate of drug-likeness (QED) is 0.883. The topological polar surface area (TPSA) is 62.5 Å². The number of carboxylic acid groups (broad SMARTS) is 1. The Hall–Kier alpha value is -2.37. The zero-order chi connectivity index (χ0) is 15.4. The largest absolute Gasteiger partial charge is 0.481 e. The SMILES string of the molecule is CN(CCC(=O)O)c1ccc2c(ccc(=O)n2CCF)c1. The van der Waals surface area contributed by atoms with Crippen LogP contribution in [0.3, 0.4) is 0 Å². The van der Waals surface area contributed by atoms with Crippen molar-refractivity contribution in [3.63, 3.8) is 0 Å². The number of rotatable bonds is 6. The van der Waals surface area contributed by atoms with Gasteiger partial charge in [0.25, 0.3) is 5.56 Å². The summed E-state index contributed by atoms with van der Waals surface area (Å²) in [6.07, 6.45) is 0.0515. The van der Waals surface area contributed by atoms with Crippen LogP contribution in [-0.4, -0.2) is 35.9 Å². The molecule has 0 spiro atoms. The van der Waals surface area contributed by atoms with Crippen molar-refractivity contribution in [2.24, 2.45) is 0 Å². The summed E-state index contributed by atoms with van der Waals surface area (Å²) in [5.74, 6) is -0.848. The lowest BCUT2D eigenvalue weighted by atomic mass is 10.1. The third-order valence-corrected chi connectivity index (χ3v) is 3.38. The van der Waals surface area contributed by atoms with Crippen LogP contribution in [0.2, 0.25) is 0 Å². The Labute approximate surface area is 121 Å². The predicted octanol–water partition coefficient (Wildman–Crippen LogP) is 1.88. The van der Waals surface area contributed by atoms with Gasteiger partial charge in [0.1, 0.15) is 6.67 Å². The minimum atomic E-state index is -0.848. The lowest BCUT2D eigenvalue weighted by Gasteiger charge is -2.19. The first-order chi connectivity index (χ1) is 10.0. The van der Waals surface area contributed by atoms with Crippen molar-refractivity contribution in [1.29, 1.82) is 0 Å². The van der Waals surface area contributed by atoms with Gasteiger partial charge in [0.2, 0.25) is 0 Å². The molecule has 5 nitrogen and oxygen atoms in total. The molecule has 2 rings (SSSR count). The van der Waals surface area contributed by atoms with Crippen LogP contribution in [0.5, 0.6) is 0 Å². The molecule has 0 unspecified atom stereocenters. The Morgan fingerprint density at radius 1 is 1.33 bits per heavy atom. The number of pyridine rings is 1. The normalized spacial score (nSPS) is 10.8. The molecule has 1 N–H and O–H groups in total. The predicted molar refractivity (Wildman–Crippen MR) is 79.7 cm³/mol. The van der Waals surface area contributed by atoms with E-state index < -0.39 is 12.6 Å². The number of hydrogen-bond donors (Lipinski definition) is 1. The highest BCUT2D eigenvalue weighted by Crippen LogP contribution is 2.20. The number of anilines is 1. The van der Waals surface area contributed by atoms with E-state index in [0.717, 1.165) is 11.1 Å². The smallest absolute Gasteiger partial charge is 0.305 e. The van der Waals surface area contributed by atoms with Crippen molar-refractivity contribution in [2.75, 3.05) is 25.2 Å². The van der Waals surface area contributed by atoms with Gasteiger partial charge in [0, 0.05) is 30.7 Å². The van der Waals surface area contributed by atoms with Gasteiger partial charge in [-0.3, -0.25) is 9.59 Å². The fourth-order valence-electron chi connectivity index (χ4n) is 2.24. The Morgan fingerprint density at radius 3 is 2.76 bits per heavy atom. The number of halogens is 1. The molecule has 6 heteroatoms. The second-order valence-corrected chi connectivity index (χ2v) is 4.82. The minimum Gasteiger partial charge on any atom is -0.481 e. The van der Waals surface area contributed by atoms with Crippen LogP contribution in [0, 0.1) is 0 Å². The molecule has 0 amide bonds. The number of aryl methyl sites for hydroxylation is 1. The monoisotopic (exact) mass is 292 g/mol. The van der Waals surface area contributed by atoms with Gasteiger partial charge in [0.15, 0.2) is 0 Å². The number of carbonyl (C=O) groups is 1. The first-order valence-corrected chi connectivity index (χ1v) is 6.65. The number of aromatic nitrogens is 1. The van der Waals surface area contributed by atoms with Crippen LogP contribution < -0.4 is 10.5 Å². The maximum atomic E-state index is 12.5. The van der Waals surface area contributed by atoms with Crippen LogP contribution in [-0.2, 0) is 11.3 Å². The summed E-state index contributed by atoms with van der Waals surface area (Å²) in [7, 11) is 1.81. The molecule has 0 saturated heterocycles. The van der Waals surface area contributed by atoms with Crippen molar-refractivity contribution < 1.29 is 14.3 Å². The van der Waals surface area contributed by atoms with Crippen LogP contribution in [0.1, 0.15) is 6.42 Å². The molecule has 1 heterocycles. The molecular weight excluding hydrogens is 275 g/mol. The summed E-state index contributed by atoms with van der Waals surface area (Å²) in [5, 5.41) is 9.53. The van der Waals surface area contributed by atoms with E-state index in [4.69, 9.17) is 5.11 Å². The summed E-state index contributed by atoms with van der Waals surface area (Å²) < 4.78 is 13.9. The molecule has 21 heavy (non-hydrogen) atoms. The molecule has 1 aromatic carbocycles. The van der Waals surface area contributed by atoms with Crippen molar-refractivity contribution in [2.45, 2.75) is 13.0 Å². The molecular formula is C15H17FN2O3. The molecule has 1 aromatic heterocycles. The standard InChI is InChI=1S/C15H17FN2O3/c1-17(8-6-15(20)21)12-3-4-13-11(10-12)2-5-14(19)18(13)9-7-16/h2-5,10H,6-9H2,1H3,(H,20,21). The molecule has 0 bridgehead atoms. The second-order valence-electron chi connectivity index (χ2n) is 4.82. The van der Waals surface area contributed by atoms with Crippen LogP contribution in [0.25, 0.3) is 10.9 Å². The van der Waals surface area contributed by atoms with Crippen molar-refractivity contribution in [3.05, 3.63) is 40.7 Å². The van der Waals surface area contributed by atoms with E-state index in [9.17, 15) is 14.0 Å². The number of hydrogen-bond acceptors (Lipinski definition) is 3. The van der Waals surface area contributed by atoms with Gasteiger partial charge in [-0.2, -0.15) is 0 Å². The fourth-order valence-corrected chi connectivity index (χ4v) is 2.24. The minimum absolute atomic E-state index is 0.0321. The van der Waals surface area contributed by atoms with Gasteiger partial charge in [-0.05, 0) is 24.3 Å². The number of fused-ring (bicyclic) bond motifs is 1. The zero-order valence-corrected chi connectivity index (χ0v) is 11.8.